The van der Waals surface area contributed by atoms with Crippen LogP contribution in [0, 0.1) is 0 Å². The second kappa shape index (κ2) is 7.97. The summed E-state index contributed by atoms with van der Waals surface area (Å²) in [5, 5.41) is 0. The lowest BCUT2D eigenvalue weighted by Crippen LogP contribution is -2.35. The summed E-state index contributed by atoms with van der Waals surface area (Å²) in [7, 11) is 2.02. The fourth-order valence-electron chi connectivity index (χ4n) is 2.63. The summed E-state index contributed by atoms with van der Waals surface area (Å²) in [6.45, 7) is 1.79. The summed E-state index contributed by atoms with van der Waals surface area (Å²) in [6.07, 6.45) is 2.44. The molecule has 1 saturated carbocycles. The van der Waals surface area contributed by atoms with Crippen LogP contribution < -0.4 is 5.73 Å². The van der Waals surface area contributed by atoms with Crippen molar-refractivity contribution < 1.29 is 4.74 Å². The molecule has 0 heterocycles. The summed E-state index contributed by atoms with van der Waals surface area (Å²) in [6, 6.07) is 19.1. The Bertz CT molecular complexity index is 680. The zero-order valence-corrected chi connectivity index (χ0v) is 14.2. The van der Waals surface area contributed by atoms with Gasteiger partial charge in [-0.2, -0.15) is 0 Å². The minimum Gasteiger partial charge on any atom is -0.372 e. The Morgan fingerprint density at radius 1 is 1.04 bits per heavy atom. The van der Waals surface area contributed by atoms with E-state index in [0.717, 1.165) is 5.56 Å². The molecular formula is C20H25N3O. The molecule has 0 aromatic heterocycles. The maximum Gasteiger partial charge on any atom is 0.191 e. The third-order valence-corrected chi connectivity index (χ3v) is 4.35. The fraction of sp³-hybridized carbons (Fsp3) is 0.350. The number of benzene rings is 2. The van der Waals surface area contributed by atoms with Gasteiger partial charge in [-0.25, -0.2) is 4.99 Å². The lowest BCUT2D eigenvalue weighted by Gasteiger charge is -2.17. The monoisotopic (exact) mass is 323 g/mol. The molecule has 2 N–H and O–H groups in total. The molecule has 0 amide bonds. The summed E-state index contributed by atoms with van der Waals surface area (Å²) < 4.78 is 5.86. The number of nitrogens with zero attached hydrogens (tertiary/aromatic N) is 2. The Labute approximate surface area is 144 Å². The Hall–Kier alpha value is -2.33. The van der Waals surface area contributed by atoms with Gasteiger partial charge in [0.15, 0.2) is 5.96 Å². The molecule has 1 fully saturated rings. The van der Waals surface area contributed by atoms with E-state index in [2.05, 4.69) is 34.2 Å². The van der Waals surface area contributed by atoms with Crippen molar-refractivity contribution in [3.63, 3.8) is 0 Å². The molecule has 4 nitrogen and oxygen atoms in total. The number of ether oxygens (including phenoxy) is 1. The fourth-order valence-corrected chi connectivity index (χ4v) is 2.63. The molecule has 0 saturated heterocycles. The highest BCUT2D eigenvalue weighted by Crippen LogP contribution is 2.25. The van der Waals surface area contributed by atoms with Crippen LogP contribution in [0.3, 0.4) is 0 Å². The molecule has 0 spiro atoms. The van der Waals surface area contributed by atoms with Gasteiger partial charge in [-0.05, 0) is 29.5 Å². The molecule has 1 aliphatic carbocycles. The highest BCUT2D eigenvalue weighted by atomic mass is 16.5. The van der Waals surface area contributed by atoms with E-state index in [9.17, 15) is 0 Å². The van der Waals surface area contributed by atoms with E-state index < -0.39 is 0 Å². The number of nitrogens with two attached hydrogens (primary N) is 1. The minimum absolute atomic E-state index is 0.582. The highest BCUT2D eigenvalue weighted by molar-refractivity contribution is 5.78. The molecule has 126 valence electrons. The van der Waals surface area contributed by atoms with Crippen molar-refractivity contribution >= 4 is 5.96 Å². The zero-order chi connectivity index (χ0) is 16.8. The Morgan fingerprint density at radius 2 is 1.71 bits per heavy atom. The molecule has 0 atom stereocenters. The van der Waals surface area contributed by atoms with E-state index in [4.69, 9.17) is 10.5 Å². The topological polar surface area (TPSA) is 50.8 Å². The first-order valence-electron chi connectivity index (χ1n) is 8.45. The maximum atomic E-state index is 6.08. The molecule has 2 aromatic carbocycles. The molecule has 1 aliphatic rings. The first kappa shape index (κ1) is 16.5. The maximum absolute atomic E-state index is 6.08. The molecule has 24 heavy (non-hydrogen) atoms. The van der Waals surface area contributed by atoms with E-state index in [1.807, 2.05) is 37.4 Å². The normalized spacial score (nSPS) is 14.6. The van der Waals surface area contributed by atoms with Crippen LogP contribution in [0.15, 0.2) is 59.6 Å². The first-order valence-corrected chi connectivity index (χ1v) is 8.45. The first-order chi connectivity index (χ1) is 11.7. The third kappa shape index (κ3) is 4.59. The lowest BCUT2D eigenvalue weighted by atomic mass is 10.1. The van der Waals surface area contributed by atoms with E-state index in [-0.39, 0.29) is 0 Å². The van der Waals surface area contributed by atoms with Gasteiger partial charge >= 0.3 is 0 Å². The van der Waals surface area contributed by atoms with Crippen LogP contribution in [0.1, 0.15) is 29.5 Å². The third-order valence-electron chi connectivity index (χ3n) is 4.35. The van der Waals surface area contributed by atoms with Crippen LogP contribution in [-0.4, -0.2) is 23.9 Å². The second-order valence-electron chi connectivity index (χ2n) is 6.26. The summed E-state index contributed by atoms with van der Waals surface area (Å²) >= 11 is 0. The average Bonchev–Trinajstić information content (AvgIpc) is 3.46. The Balaban J connectivity index is 1.57. The van der Waals surface area contributed by atoms with Crippen molar-refractivity contribution in [2.24, 2.45) is 10.7 Å². The van der Waals surface area contributed by atoms with Crippen LogP contribution in [0.2, 0.25) is 0 Å². The van der Waals surface area contributed by atoms with E-state index in [1.54, 1.807) is 0 Å². The smallest absolute Gasteiger partial charge is 0.191 e. The molecule has 3 rings (SSSR count). The number of aliphatic imine (C=N–C) groups is 1. The van der Waals surface area contributed by atoms with Gasteiger partial charge in [0.2, 0.25) is 0 Å². The predicted octanol–water partition coefficient (Wildman–Crippen LogP) is 3.31. The van der Waals surface area contributed by atoms with E-state index in [1.165, 1.54) is 24.0 Å². The van der Waals surface area contributed by atoms with Crippen LogP contribution >= 0.6 is 0 Å². The van der Waals surface area contributed by atoms with E-state index >= 15 is 0 Å². The van der Waals surface area contributed by atoms with Crippen LogP contribution in [0.5, 0.6) is 0 Å². The van der Waals surface area contributed by atoms with Gasteiger partial charge in [0, 0.05) is 13.1 Å². The number of hydrogen-bond donors (Lipinski definition) is 1. The Kier molecular flexibility index (Phi) is 5.49. The highest BCUT2D eigenvalue weighted by Gasteiger charge is 2.27. The molecule has 2 aromatic rings. The van der Waals surface area contributed by atoms with Gasteiger partial charge in [-0.1, -0.05) is 54.6 Å². The van der Waals surface area contributed by atoms with Crippen molar-refractivity contribution in [3.05, 3.63) is 71.3 Å². The van der Waals surface area contributed by atoms with Crippen molar-refractivity contribution in [1.82, 2.24) is 4.90 Å². The predicted molar refractivity (Wildman–Crippen MR) is 97.5 cm³/mol. The van der Waals surface area contributed by atoms with Gasteiger partial charge in [0.25, 0.3) is 0 Å². The molecule has 4 heteroatoms. The number of guanidine groups is 1. The van der Waals surface area contributed by atoms with Crippen LogP contribution in [0.25, 0.3) is 0 Å². The lowest BCUT2D eigenvalue weighted by molar-refractivity contribution is 0.106. The summed E-state index contributed by atoms with van der Waals surface area (Å²) in [4.78, 5) is 6.63. The van der Waals surface area contributed by atoms with E-state index in [0.29, 0.717) is 31.8 Å². The van der Waals surface area contributed by atoms with Crippen molar-refractivity contribution in [2.45, 2.75) is 38.6 Å². The SMILES string of the molecule is CN(C(N)=NCc1ccccc1COCc1ccccc1)C1CC1. The number of rotatable bonds is 7. The summed E-state index contributed by atoms with van der Waals surface area (Å²) in [5.74, 6) is 0.623. The summed E-state index contributed by atoms with van der Waals surface area (Å²) in [5.41, 5.74) is 9.59. The second-order valence-corrected chi connectivity index (χ2v) is 6.26. The molecular weight excluding hydrogens is 298 g/mol. The average molecular weight is 323 g/mol. The van der Waals surface area contributed by atoms with Gasteiger partial charge in [0.05, 0.1) is 19.8 Å². The minimum atomic E-state index is 0.582. The quantitative estimate of drug-likeness (QED) is 0.628. The standard InChI is InChI=1S/C20H25N3O/c1-23(19-11-12-19)20(21)22-13-17-9-5-6-10-18(17)15-24-14-16-7-3-2-4-8-16/h2-10,19H,11-15H2,1H3,(H2,21,22). The molecule has 0 radical (unpaired) electrons. The van der Waals surface area contributed by atoms with Gasteiger partial charge in [0.1, 0.15) is 0 Å². The van der Waals surface area contributed by atoms with Gasteiger partial charge < -0.3 is 15.4 Å². The van der Waals surface area contributed by atoms with Crippen LogP contribution in [0.4, 0.5) is 0 Å². The van der Waals surface area contributed by atoms with Gasteiger partial charge in [-0.15, -0.1) is 0 Å². The molecule has 0 unspecified atom stereocenters. The van der Waals surface area contributed by atoms with Gasteiger partial charge in [-0.3, -0.25) is 0 Å². The van der Waals surface area contributed by atoms with Crippen molar-refractivity contribution in [1.29, 1.82) is 0 Å². The number of hydrogen-bond acceptors (Lipinski definition) is 2. The zero-order valence-electron chi connectivity index (χ0n) is 14.2. The van der Waals surface area contributed by atoms with Crippen molar-refractivity contribution in [2.75, 3.05) is 7.05 Å². The van der Waals surface area contributed by atoms with Crippen molar-refractivity contribution in [3.8, 4) is 0 Å². The molecule has 0 aliphatic heterocycles. The van der Waals surface area contributed by atoms with Crippen LogP contribution in [-0.2, 0) is 24.5 Å². The molecule has 0 bridgehead atoms. The largest absolute Gasteiger partial charge is 0.372 e. The Morgan fingerprint density at radius 3 is 2.42 bits per heavy atom.